The fourth-order valence-electron chi connectivity index (χ4n) is 0.857. The average Bonchev–Trinajstić information content (AvgIpc) is 2.48. The van der Waals surface area contributed by atoms with Crippen LogP contribution in [-0.4, -0.2) is 21.4 Å². The number of nitrogens with zero attached hydrogens (tertiary/aromatic N) is 2. The van der Waals surface area contributed by atoms with E-state index >= 15 is 0 Å². The summed E-state index contributed by atoms with van der Waals surface area (Å²) in [5, 5.41) is 8.06. The Kier molecular flexibility index (Phi) is 3.07. The third kappa shape index (κ3) is 2.32. The van der Waals surface area contributed by atoms with Crippen molar-refractivity contribution in [3.63, 3.8) is 0 Å². The lowest BCUT2D eigenvalue weighted by Crippen LogP contribution is -2.01. The standard InChI is InChI=1S/C7H12N2O2/c1-2-7-5-9(6-8-7)3-4-11-10/h5-6,10H,2-4H2,1H3. The van der Waals surface area contributed by atoms with E-state index in [2.05, 4.69) is 16.8 Å². The van der Waals surface area contributed by atoms with Crippen LogP contribution in [0.5, 0.6) is 0 Å². The lowest BCUT2D eigenvalue weighted by molar-refractivity contribution is -0.243. The highest BCUT2D eigenvalue weighted by Gasteiger charge is 1.94. The number of rotatable bonds is 4. The lowest BCUT2D eigenvalue weighted by Gasteiger charge is -1.96. The molecule has 0 unspecified atom stereocenters. The Hall–Kier alpha value is -0.870. The molecule has 0 amide bonds. The Morgan fingerprint density at radius 1 is 1.73 bits per heavy atom. The minimum atomic E-state index is 0.305. The Morgan fingerprint density at radius 2 is 2.55 bits per heavy atom. The zero-order chi connectivity index (χ0) is 8.10. The van der Waals surface area contributed by atoms with Crippen molar-refractivity contribution in [3.8, 4) is 0 Å². The first kappa shape index (κ1) is 8.23. The van der Waals surface area contributed by atoms with Crippen LogP contribution in [0.25, 0.3) is 0 Å². The van der Waals surface area contributed by atoms with E-state index in [4.69, 9.17) is 5.26 Å². The summed E-state index contributed by atoms with van der Waals surface area (Å²) in [4.78, 5) is 8.05. The van der Waals surface area contributed by atoms with Crippen LogP contribution in [0.2, 0.25) is 0 Å². The predicted octanol–water partition coefficient (Wildman–Crippen LogP) is 0.935. The molecule has 0 bridgehead atoms. The van der Waals surface area contributed by atoms with Crippen LogP contribution in [0, 0.1) is 0 Å². The highest BCUT2D eigenvalue weighted by Crippen LogP contribution is 1.96. The van der Waals surface area contributed by atoms with Gasteiger partial charge in [-0.3, -0.25) is 5.26 Å². The average molecular weight is 156 g/mol. The number of hydrogen-bond acceptors (Lipinski definition) is 3. The molecular formula is C7H12N2O2. The van der Waals surface area contributed by atoms with Crippen molar-refractivity contribution in [2.75, 3.05) is 6.61 Å². The van der Waals surface area contributed by atoms with E-state index in [0.29, 0.717) is 13.2 Å². The fourth-order valence-corrected chi connectivity index (χ4v) is 0.857. The monoisotopic (exact) mass is 156 g/mol. The van der Waals surface area contributed by atoms with Crippen molar-refractivity contribution in [3.05, 3.63) is 18.2 Å². The van der Waals surface area contributed by atoms with Gasteiger partial charge in [0.15, 0.2) is 0 Å². The van der Waals surface area contributed by atoms with Gasteiger partial charge < -0.3 is 4.57 Å². The predicted molar refractivity (Wildman–Crippen MR) is 40.2 cm³/mol. The second-order valence-corrected chi connectivity index (χ2v) is 2.29. The van der Waals surface area contributed by atoms with Crippen molar-refractivity contribution >= 4 is 0 Å². The molecule has 0 aromatic carbocycles. The maximum atomic E-state index is 8.06. The summed E-state index contributed by atoms with van der Waals surface area (Å²) in [6, 6.07) is 0. The maximum Gasteiger partial charge on any atom is 0.0999 e. The Morgan fingerprint density at radius 3 is 3.09 bits per heavy atom. The quantitative estimate of drug-likeness (QED) is 0.521. The molecule has 1 rings (SSSR count). The minimum absolute atomic E-state index is 0.305. The number of aryl methyl sites for hydroxylation is 1. The van der Waals surface area contributed by atoms with Crippen molar-refractivity contribution in [2.24, 2.45) is 0 Å². The molecule has 1 N–H and O–H groups in total. The van der Waals surface area contributed by atoms with Crippen LogP contribution in [0.4, 0.5) is 0 Å². The first-order valence-electron chi connectivity index (χ1n) is 3.64. The summed E-state index contributed by atoms with van der Waals surface area (Å²) >= 11 is 0. The molecule has 0 saturated carbocycles. The molecule has 0 saturated heterocycles. The van der Waals surface area contributed by atoms with Gasteiger partial charge in [-0.2, -0.15) is 0 Å². The van der Waals surface area contributed by atoms with Crippen LogP contribution in [-0.2, 0) is 17.9 Å². The van der Waals surface area contributed by atoms with Crippen molar-refractivity contribution in [1.29, 1.82) is 0 Å². The van der Waals surface area contributed by atoms with E-state index < -0.39 is 0 Å². The molecule has 4 heteroatoms. The Bertz CT molecular complexity index is 210. The van der Waals surface area contributed by atoms with Crippen molar-refractivity contribution < 1.29 is 10.1 Å². The molecule has 0 fully saturated rings. The molecule has 0 spiro atoms. The van der Waals surface area contributed by atoms with Crippen molar-refractivity contribution in [2.45, 2.75) is 19.9 Å². The second kappa shape index (κ2) is 4.10. The number of imidazole rings is 1. The van der Waals surface area contributed by atoms with E-state index in [-0.39, 0.29) is 0 Å². The second-order valence-electron chi connectivity index (χ2n) is 2.29. The topological polar surface area (TPSA) is 47.3 Å². The molecule has 62 valence electrons. The molecule has 0 aliphatic heterocycles. The van der Waals surface area contributed by atoms with E-state index in [0.717, 1.165) is 12.1 Å². The van der Waals surface area contributed by atoms with Crippen LogP contribution >= 0.6 is 0 Å². The first-order chi connectivity index (χ1) is 5.36. The molecule has 4 nitrogen and oxygen atoms in total. The van der Waals surface area contributed by atoms with Gasteiger partial charge in [0.1, 0.15) is 0 Å². The van der Waals surface area contributed by atoms with Crippen LogP contribution in [0.15, 0.2) is 12.5 Å². The molecule has 11 heavy (non-hydrogen) atoms. The van der Waals surface area contributed by atoms with Gasteiger partial charge in [-0.05, 0) is 6.42 Å². The smallest absolute Gasteiger partial charge is 0.0999 e. The van der Waals surface area contributed by atoms with E-state index in [1.165, 1.54) is 0 Å². The van der Waals surface area contributed by atoms with Crippen LogP contribution < -0.4 is 0 Å². The van der Waals surface area contributed by atoms with Gasteiger partial charge >= 0.3 is 0 Å². The summed E-state index contributed by atoms with van der Waals surface area (Å²) < 4.78 is 1.88. The highest BCUT2D eigenvalue weighted by atomic mass is 17.1. The van der Waals surface area contributed by atoms with Gasteiger partial charge in [-0.1, -0.05) is 6.92 Å². The Balaban J connectivity index is 2.44. The summed E-state index contributed by atoms with van der Waals surface area (Å²) in [6.45, 7) is 3.00. The van der Waals surface area contributed by atoms with Gasteiger partial charge in [0.25, 0.3) is 0 Å². The molecule has 0 atom stereocenters. The van der Waals surface area contributed by atoms with E-state index in [1.54, 1.807) is 6.33 Å². The van der Waals surface area contributed by atoms with Gasteiger partial charge in [-0.25, -0.2) is 9.87 Å². The largest absolute Gasteiger partial charge is 0.335 e. The summed E-state index contributed by atoms with van der Waals surface area (Å²) in [6.07, 6.45) is 4.61. The third-order valence-corrected chi connectivity index (χ3v) is 1.49. The normalized spacial score (nSPS) is 10.4. The molecule has 1 heterocycles. The maximum absolute atomic E-state index is 8.06. The number of aromatic nitrogens is 2. The zero-order valence-electron chi connectivity index (χ0n) is 6.53. The zero-order valence-corrected chi connectivity index (χ0v) is 6.53. The lowest BCUT2D eigenvalue weighted by atomic mass is 10.4. The number of hydrogen-bond donors (Lipinski definition) is 1. The van der Waals surface area contributed by atoms with Gasteiger partial charge in [0, 0.05) is 6.20 Å². The van der Waals surface area contributed by atoms with E-state index in [1.807, 2.05) is 10.8 Å². The minimum Gasteiger partial charge on any atom is -0.335 e. The summed E-state index contributed by atoms with van der Waals surface area (Å²) in [5.41, 5.74) is 1.06. The van der Waals surface area contributed by atoms with Gasteiger partial charge in [-0.15, -0.1) is 0 Å². The molecular weight excluding hydrogens is 144 g/mol. The third-order valence-electron chi connectivity index (χ3n) is 1.49. The van der Waals surface area contributed by atoms with Gasteiger partial charge in [0.05, 0.1) is 25.2 Å². The van der Waals surface area contributed by atoms with Crippen LogP contribution in [0.3, 0.4) is 0 Å². The first-order valence-corrected chi connectivity index (χ1v) is 3.64. The molecule has 0 aliphatic carbocycles. The molecule has 1 aromatic rings. The summed E-state index contributed by atoms with van der Waals surface area (Å²) in [5.74, 6) is 0. The molecule has 0 radical (unpaired) electrons. The highest BCUT2D eigenvalue weighted by molar-refractivity contribution is 4.95. The molecule has 0 aliphatic rings. The Labute approximate surface area is 65.4 Å². The van der Waals surface area contributed by atoms with Gasteiger partial charge in [0.2, 0.25) is 0 Å². The van der Waals surface area contributed by atoms with E-state index in [9.17, 15) is 0 Å². The van der Waals surface area contributed by atoms with Crippen molar-refractivity contribution in [1.82, 2.24) is 9.55 Å². The SMILES string of the molecule is CCc1cn(CCOO)cn1. The molecule has 1 aromatic heterocycles. The summed E-state index contributed by atoms with van der Waals surface area (Å²) in [7, 11) is 0. The van der Waals surface area contributed by atoms with Crippen LogP contribution in [0.1, 0.15) is 12.6 Å². The fraction of sp³-hybridized carbons (Fsp3) is 0.571.